The zero-order valence-electron chi connectivity index (χ0n) is 11.5. The van der Waals surface area contributed by atoms with E-state index in [1.165, 1.54) is 36.4 Å². The second-order valence-corrected chi connectivity index (χ2v) is 5.90. The van der Waals surface area contributed by atoms with E-state index in [2.05, 4.69) is 4.98 Å². The molecule has 3 rings (SSSR count). The molecule has 2 fully saturated rings. The van der Waals surface area contributed by atoms with Gasteiger partial charge >= 0.3 is 0 Å². The van der Waals surface area contributed by atoms with E-state index in [1.807, 2.05) is 6.07 Å². The number of hydrogen-bond donors (Lipinski definition) is 0. The number of rotatable bonds is 2. The van der Waals surface area contributed by atoms with Crippen LogP contribution in [0.1, 0.15) is 50.5 Å². The summed E-state index contributed by atoms with van der Waals surface area (Å²) in [6.45, 7) is 0.503. The van der Waals surface area contributed by atoms with Crippen molar-refractivity contribution in [1.82, 2.24) is 9.55 Å². The molecule has 1 aromatic rings. The maximum absolute atomic E-state index is 12.0. The van der Waals surface area contributed by atoms with Crippen LogP contribution in [-0.4, -0.2) is 21.3 Å². The van der Waals surface area contributed by atoms with Crippen LogP contribution >= 0.6 is 0 Å². The highest BCUT2D eigenvalue weighted by Gasteiger charge is 2.40. The quantitative estimate of drug-likeness (QED) is 0.826. The molecule has 0 aromatic carbocycles. The van der Waals surface area contributed by atoms with Crippen molar-refractivity contribution in [3.8, 4) is 6.07 Å². The van der Waals surface area contributed by atoms with Crippen molar-refractivity contribution in [2.24, 2.45) is 0 Å². The van der Waals surface area contributed by atoms with E-state index in [0.717, 1.165) is 25.7 Å². The summed E-state index contributed by atoms with van der Waals surface area (Å²) in [5.74, 6) is 0. The van der Waals surface area contributed by atoms with Crippen LogP contribution in [0.4, 0.5) is 0 Å². The molecule has 20 heavy (non-hydrogen) atoms. The summed E-state index contributed by atoms with van der Waals surface area (Å²) < 4.78 is 7.76. The third-order valence-corrected chi connectivity index (χ3v) is 4.53. The Bertz CT molecular complexity index is 582. The molecule has 1 atom stereocenters. The van der Waals surface area contributed by atoms with Crippen molar-refractivity contribution in [3.05, 3.63) is 28.4 Å². The summed E-state index contributed by atoms with van der Waals surface area (Å²) >= 11 is 0. The van der Waals surface area contributed by atoms with E-state index in [9.17, 15) is 4.79 Å². The molecule has 1 aliphatic carbocycles. The largest absolute Gasteiger partial charge is 0.370 e. The highest BCUT2D eigenvalue weighted by molar-refractivity contribution is 5.21. The minimum Gasteiger partial charge on any atom is -0.370 e. The second kappa shape index (κ2) is 5.37. The average Bonchev–Trinajstić information content (AvgIpc) is 2.84. The molecular formula is C15H19N3O2. The fourth-order valence-electron chi connectivity index (χ4n) is 3.46. The Kier molecular flexibility index (Phi) is 3.58. The summed E-state index contributed by atoms with van der Waals surface area (Å²) in [4.78, 5) is 15.9. The lowest BCUT2D eigenvalue weighted by Crippen LogP contribution is -2.34. The van der Waals surface area contributed by atoms with E-state index in [1.54, 1.807) is 0 Å². The van der Waals surface area contributed by atoms with Gasteiger partial charge < -0.3 is 4.74 Å². The minimum atomic E-state index is -0.268. The van der Waals surface area contributed by atoms with Crippen molar-refractivity contribution in [1.29, 1.82) is 5.26 Å². The average molecular weight is 273 g/mol. The SMILES string of the molecule is N#Cc1cncn(C[C@@H]2CCC3(CCCCC3)O2)c1=O. The van der Waals surface area contributed by atoms with Crippen LogP contribution in [0.5, 0.6) is 0 Å². The van der Waals surface area contributed by atoms with Crippen molar-refractivity contribution >= 4 is 0 Å². The van der Waals surface area contributed by atoms with Gasteiger partial charge in [0.25, 0.3) is 5.56 Å². The molecule has 0 bridgehead atoms. The maximum Gasteiger partial charge on any atom is 0.271 e. The van der Waals surface area contributed by atoms with E-state index in [4.69, 9.17) is 10.00 Å². The molecule has 1 aromatic heterocycles. The monoisotopic (exact) mass is 273 g/mol. The van der Waals surface area contributed by atoms with Gasteiger partial charge in [-0.1, -0.05) is 19.3 Å². The molecule has 5 heteroatoms. The van der Waals surface area contributed by atoms with Gasteiger partial charge in [0, 0.05) is 0 Å². The highest BCUT2D eigenvalue weighted by Crippen LogP contribution is 2.42. The fraction of sp³-hybridized carbons (Fsp3) is 0.667. The van der Waals surface area contributed by atoms with Gasteiger partial charge in [0.1, 0.15) is 11.6 Å². The Hall–Kier alpha value is -1.67. The highest BCUT2D eigenvalue weighted by atomic mass is 16.5. The third-order valence-electron chi connectivity index (χ3n) is 4.53. The molecular weight excluding hydrogens is 254 g/mol. The van der Waals surface area contributed by atoms with Crippen molar-refractivity contribution in [2.75, 3.05) is 0 Å². The Morgan fingerprint density at radius 3 is 2.95 bits per heavy atom. The number of ether oxygens (including phenoxy) is 1. The number of nitriles is 1. The summed E-state index contributed by atoms with van der Waals surface area (Å²) in [7, 11) is 0. The first-order chi connectivity index (χ1) is 9.72. The van der Waals surface area contributed by atoms with Gasteiger partial charge in [0.2, 0.25) is 0 Å². The topological polar surface area (TPSA) is 67.9 Å². The molecule has 106 valence electrons. The first-order valence-electron chi connectivity index (χ1n) is 7.35. The normalized spacial score (nSPS) is 24.6. The van der Waals surface area contributed by atoms with Gasteiger partial charge in [-0.3, -0.25) is 9.36 Å². The van der Waals surface area contributed by atoms with Gasteiger partial charge in [-0.15, -0.1) is 0 Å². The first kappa shape index (κ1) is 13.3. The minimum absolute atomic E-state index is 0.0623. The molecule has 1 saturated carbocycles. The lowest BCUT2D eigenvalue weighted by Gasteiger charge is -2.33. The Balaban J connectivity index is 1.71. The molecule has 0 amide bonds. The number of hydrogen-bond acceptors (Lipinski definition) is 4. The summed E-state index contributed by atoms with van der Waals surface area (Å²) in [6.07, 6.45) is 11.1. The van der Waals surface area contributed by atoms with Crippen LogP contribution < -0.4 is 5.56 Å². The molecule has 1 spiro atoms. The van der Waals surface area contributed by atoms with Gasteiger partial charge in [-0.25, -0.2) is 4.98 Å². The lowest BCUT2D eigenvalue weighted by molar-refractivity contribution is -0.0683. The van der Waals surface area contributed by atoms with Crippen LogP contribution in [0.25, 0.3) is 0 Å². The second-order valence-electron chi connectivity index (χ2n) is 5.90. The van der Waals surface area contributed by atoms with E-state index in [-0.39, 0.29) is 22.8 Å². The third kappa shape index (κ3) is 2.48. The van der Waals surface area contributed by atoms with Gasteiger partial charge in [-0.05, 0) is 25.7 Å². The van der Waals surface area contributed by atoms with Crippen LogP contribution in [0, 0.1) is 11.3 Å². The predicted molar refractivity (Wildman–Crippen MR) is 73.1 cm³/mol. The Labute approximate surface area is 118 Å². The van der Waals surface area contributed by atoms with Crippen LogP contribution in [0.2, 0.25) is 0 Å². The standard InChI is InChI=1S/C15H19N3O2/c16-8-12-9-17-11-18(14(12)19)10-13-4-7-15(20-13)5-2-1-3-6-15/h9,11,13H,1-7,10H2/t13-/m0/s1. The maximum atomic E-state index is 12.0. The molecule has 5 nitrogen and oxygen atoms in total. The van der Waals surface area contributed by atoms with Crippen molar-refractivity contribution in [2.45, 2.75) is 63.2 Å². The fourth-order valence-corrected chi connectivity index (χ4v) is 3.46. The van der Waals surface area contributed by atoms with Crippen LogP contribution in [-0.2, 0) is 11.3 Å². The van der Waals surface area contributed by atoms with E-state index >= 15 is 0 Å². The number of nitrogens with zero attached hydrogens (tertiary/aromatic N) is 3. The molecule has 0 radical (unpaired) electrons. The predicted octanol–water partition coefficient (Wildman–Crippen LogP) is 2.00. The molecule has 0 unspecified atom stereocenters. The molecule has 1 aliphatic heterocycles. The summed E-state index contributed by atoms with van der Waals surface area (Å²) in [5, 5.41) is 8.87. The van der Waals surface area contributed by atoms with Crippen molar-refractivity contribution < 1.29 is 4.74 Å². The van der Waals surface area contributed by atoms with Crippen LogP contribution in [0.15, 0.2) is 17.3 Å². The van der Waals surface area contributed by atoms with Crippen molar-refractivity contribution in [3.63, 3.8) is 0 Å². The summed E-state index contributed by atoms with van der Waals surface area (Å²) in [5.41, 5.74) is -0.110. The lowest BCUT2D eigenvalue weighted by atomic mass is 9.83. The summed E-state index contributed by atoms with van der Waals surface area (Å²) in [6, 6.07) is 1.88. The van der Waals surface area contributed by atoms with Crippen LogP contribution in [0.3, 0.4) is 0 Å². The molecule has 2 heterocycles. The van der Waals surface area contributed by atoms with Gasteiger partial charge in [-0.2, -0.15) is 5.26 Å². The zero-order chi connectivity index (χ0) is 14.0. The van der Waals surface area contributed by atoms with Gasteiger partial charge in [0.15, 0.2) is 0 Å². The van der Waals surface area contributed by atoms with E-state index < -0.39 is 0 Å². The zero-order valence-corrected chi connectivity index (χ0v) is 11.5. The Morgan fingerprint density at radius 1 is 1.40 bits per heavy atom. The molecule has 0 N–H and O–H groups in total. The van der Waals surface area contributed by atoms with E-state index in [0.29, 0.717) is 6.54 Å². The molecule has 1 saturated heterocycles. The Morgan fingerprint density at radius 2 is 2.20 bits per heavy atom. The molecule has 2 aliphatic rings. The smallest absolute Gasteiger partial charge is 0.271 e. The van der Waals surface area contributed by atoms with Gasteiger partial charge in [0.05, 0.1) is 30.8 Å². The first-order valence-corrected chi connectivity index (χ1v) is 7.35. The number of aromatic nitrogens is 2.